The zero-order valence-electron chi connectivity index (χ0n) is 11.3. The first kappa shape index (κ1) is 16.0. The van der Waals surface area contributed by atoms with Gasteiger partial charge in [-0.3, -0.25) is 0 Å². The summed E-state index contributed by atoms with van der Waals surface area (Å²) >= 11 is 0. The highest BCUT2D eigenvalue weighted by molar-refractivity contribution is 7.92. The summed E-state index contributed by atoms with van der Waals surface area (Å²) in [5.74, 6) is 0.439. The van der Waals surface area contributed by atoms with Crippen molar-refractivity contribution >= 4 is 22.4 Å². The standard InChI is InChI=1S/C12H19BO5S/c1-12(2,3)19(16,17)9-8-18-11-6-4-10(5-7-11)13(14)15/h4-7,14-15H,8-9H2,1-3H3. The van der Waals surface area contributed by atoms with Crippen molar-refractivity contribution in [3.63, 3.8) is 0 Å². The summed E-state index contributed by atoms with van der Waals surface area (Å²) in [6.45, 7) is 5.03. The summed E-state index contributed by atoms with van der Waals surface area (Å²) in [6, 6.07) is 6.16. The van der Waals surface area contributed by atoms with Gasteiger partial charge in [0.25, 0.3) is 0 Å². The minimum absolute atomic E-state index is 0.0547. The summed E-state index contributed by atoms with van der Waals surface area (Å²) < 4.78 is 28.2. The molecule has 7 heteroatoms. The molecule has 0 bridgehead atoms. The van der Waals surface area contributed by atoms with Crippen molar-refractivity contribution in [1.29, 1.82) is 0 Å². The second kappa shape index (κ2) is 5.94. The molecule has 0 atom stereocenters. The Labute approximate surface area is 114 Å². The molecule has 0 heterocycles. The van der Waals surface area contributed by atoms with Gasteiger partial charge in [0, 0.05) is 0 Å². The lowest BCUT2D eigenvalue weighted by Crippen LogP contribution is -2.32. The van der Waals surface area contributed by atoms with Crippen LogP contribution in [0.2, 0.25) is 0 Å². The van der Waals surface area contributed by atoms with E-state index in [9.17, 15) is 8.42 Å². The van der Waals surface area contributed by atoms with Crippen molar-refractivity contribution in [3.8, 4) is 5.75 Å². The summed E-state index contributed by atoms with van der Waals surface area (Å²) in [6.07, 6.45) is 0. The SMILES string of the molecule is CC(C)(C)S(=O)(=O)CCOc1ccc(B(O)O)cc1. The highest BCUT2D eigenvalue weighted by atomic mass is 32.2. The summed E-state index contributed by atoms with van der Waals surface area (Å²) in [5, 5.41) is 17.8. The van der Waals surface area contributed by atoms with Crippen molar-refractivity contribution in [2.45, 2.75) is 25.5 Å². The first-order valence-electron chi connectivity index (χ1n) is 5.95. The van der Waals surface area contributed by atoms with Crippen LogP contribution in [0.25, 0.3) is 0 Å². The average Bonchev–Trinajstić information content (AvgIpc) is 2.28. The second-order valence-electron chi connectivity index (χ2n) is 5.22. The minimum atomic E-state index is -3.19. The molecule has 0 amide bonds. The molecule has 0 aliphatic heterocycles. The van der Waals surface area contributed by atoms with Crippen LogP contribution < -0.4 is 10.2 Å². The van der Waals surface area contributed by atoms with E-state index in [1.807, 2.05) is 0 Å². The average molecular weight is 286 g/mol. The third kappa shape index (κ3) is 4.52. The Morgan fingerprint density at radius 2 is 1.68 bits per heavy atom. The van der Waals surface area contributed by atoms with E-state index in [4.69, 9.17) is 14.8 Å². The van der Waals surface area contributed by atoms with Crippen molar-refractivity contribution in [2.75, 3.05) is 12.4 Å². The van der Waals surface area contributed by atoms with Crippen LogP contribution in [-0.4, -0.2) is 42.7 Å². The van der Waals surface area contributed by atoms with Crippen LogP contribution in [0, 0.1) is 0 Å². The molecule has 106 valence electrons. The molecular weight excluding hydrogens is 267 g/mol. The number of hydrogen-bond donors (Lipinski definition) is 2. The van der Waals surface area contributed by atoms with Gasteiger partial charge in [0.15, 0.2) is 9.84 Å². The zero-order chi connectivity index (χ0) is 14.7. The maximum Gasteiger partial charge on any atom is 0.488 e. The van der Waals surface area contributed by atoms with Gasteiger partial charge in [-0.25, -0.2) is 8.42 Å². The fraction of sp³-hybridized carbons (Fsp3) is 0.500. The predicted octanol–water partition coefficient (Wildman–Crippen LogP) is -0.0415. The quantitative estimate of drug-likeness (QED) is 0.742. The van der Waals surface area contributed by atoms with Gasteiger partial charge in [-0.15, -0.1) is 0 Å². The molecule has 5 nitrogen and oxygen atoms in total. The smallest absolute Gasteiger partial charge is 0.488 e. The maximum atomic E-state index is 11.8. The fourth-order valence-electron chi connectivity index (χ4n) is 1.31. The molecule has 2 N–H and O–H groups in total. The van der Waals surface area contributed by atoms with E-state index in [1.165, 1.54) is 12.1 Å². The third-order valence-corrected chi connectivity index (χ3v) is 5.30. The summed E-state index contributed by atoms with van der Waals surface area (Å²) in [7, 11) is -4.71. The molecule has 0 spiro atoms. The van der Waals surface area contributed by atoms with Crippen LogP contribution in [0.4, 0.5) is 0 Å². The Balaban J connectivity index is 2.55. The molecular formula is C12H19BO5S. The van der Waals surface area contributed by atoms with Gasteiger partial charge >= 0.3 is 7.12 Å². The van der Waals surface area contributed by atoms with Crippen LogP contribution in [0.1, 0.15) is 20.8 Å². The van der Waals surface area contributed by atoms with Gasteiger partial charge in [0.1, 0.15) is 12.4 Å². The van der Waals surface area contributed by atoms with Gasteiger partial charge in [-0.1, -0.05) is 12.1 Å². The highest BCUT2D eigenvalue weighted by Crippen LogP contribution is 2.16. The van der Waals surface area contributed by atoms with Crippen molar-refractivity contribution in [2.24, 2.45) is 0 Å². The number of ether oxygens (including phenoxy) is 1. The van der Waals surface area contributed by atoms with Crippen molar-refractivity contribution in [1.82, 2.24) is 0 Å². The van der Waals surface area contributed by atoms with Crippen molar-refractivity contribution in [3.05, 3.63) is 24.3 Å². The summed E-state index contributed by atoms with van der Waals surface area (Å²) in [4.78, 5) is 0. The number of rotatable bonds is 5. The first-order valence-corrected chi connectivity index (χ1v) is 7.60. The Bertz CT molecular complexity index is 502. The molecule has 0 aliphatic rings. The highest BCUT2D eigenvalue weighted by Gasteiger charge is 2.28. The molecule has 0 saturated heterocycles. The van der Waals surface area contributed by atoms with Gasteiger partial charge in [-0.05, 0) is 38.4 Å². The molecule has 1 aromatic carbocycles. The van der Waals surface area contributed by atoms with Gasteiger partial charge < -0.3 is 14.8 Å². The van der Waals surface area contributed by atoms with E-state index in [0.29, 0.717) is 11.2 Å². The maximum absolute atomic E-state index is 11.8. The molecule has 0 aromatic heterocycles. The summed E-state index contributed by atoms with van der Waals surface area (Å²) in [5.41, 5.74) is 0.356. The second-order valence-corrected chi connectivity index (χ2v) is 8.08. The van der Waals surface area contributed by atoms with Crippen LogP contribution in [0.3, 0.4) is 0 Å². The van der Waals surface area contributed by atoms with Crippen LogP contribution in [0.5, 0.6) is 5.75 Å². The fourth-order valence-corrected chi connectivity index (χ4v) is 2.23. The monoisotopic (exact) mass is 286 g/mol. The van der Waals surface area contributed by atoms with Crippen LogP contribution in [-0.2, 0) is 9.84 Å². The Hall–Kier alpha value is -1.05. The number of hydrogen-bond acceptors (Lipinski definition) is 5. The Kier molecular flexibility index (Phi) is 5.01. The Morgan fingerprint density at radius 3 is 2.11 bits per heavy atom. The normalized spacial score (nSPS) is 12.3. The zero-order valence-corrected chi connectivity index (χ0v) is 12.1. The minimum Gasteiger partial charge on any atom is -0.493 e. The molecule has 0 radical (unpaired) electrons. The Morgan fingerprint density at radius 1 is 1.16 bits per heavy atom. The predicted molar refractivity (Wildman–Crippen MR) is 75.3 cm³/mol. The first-order chi connectivity index (χ1) is 8.63. The van der Waals surface area contributed by atoms with E-state index >= 15 is 0 Å². The molecule has 1 aromatic rings. The number of benzene rings is 1. The molecule has 0 saturated carbocycles. The van der Waals surface area contributed by atoms with Crippen LogP contribution in [0.15, 0.2) is 24.3 Å². The van der Waals surface area contributed by atoms with Crippen molar-refractivity contribution < 1.29 is 23.2 Å². The third-order valence-electron chi connectivity index (χ3n) is 2.73. The van der Waals surface area contributed by atoms with E-state index < -0.39 is 21.7 Å². The van der Waals surface area contributed by atoms with E-state index in [1.54, 1.807) is 32.9 Å². The molecule has 19 heavy (non-hydrogen) atoms. The molecule has 0 aliphatic carbocycles. The van der Waals surface area contributed by atoms with E-state index in [-0.39, 0.29) is 12.4 Å². The molecule has 0 unspecified atom stereocenters. The van der Waals surface area contributed by atoms with E-state index in [0.717, 1.165) is 0 Å². The lowest BCUT2D eigenvalue weighted by Gasteiger charge is -2.19. The van der Waals surface area contributed by atoms with Gasteiger partial charge in [0.05, 0.1) is 10.5 Å². The van der Waals surface area contributed by atoms with Gasteiger partial charge in [-0.2, -0.15) is 0 Å². The topological polar surface area (TPSA) is 83.8 Å². The lowest BCUT2D eigenvalue weighted by molar-refractivity contribution is 0.340. The van der Waals surface area contributed by atoms with E-state index in [2.05, 4.69) is 0 Å². The number of sulfone groups is 1. The largest absolute Gasteiger partial charge is 0.493 e. The van der Waals surface area contributed by atoms with Crippen LogP contribution >= 0.6 is 0 Å². The van der Waals surface area contributed by atoms with Gasteiger partial charge in [0.2, 0.25) is 0 Å². The molecule has 0 fully saturated rings. The lowest BCUT2D eigenvalue weighted by atomic mass is 9.80. The molecule has 1 rings (SSSR count).